The number of methoxy groups -OCH3 is 1. The minimum absolute atomic E-state index is 0.904. The summed E-state index contributed by atoms with van der Waals surface area (Å²) in [5, 5.41) is 3.45. The summed E-state index contributed by atoms with van der Waals surface area (Å²) in [5.41, 5.74) is 4.78. The van der Waals surface area contributed by atoms with Crippen LogP contribution in [0.25, 0.3) is 0 Å². The molecule has 0 saturated carbocycles. The molecule has 0 heterocycles. The van der Waals surface area contributed by atoms with E-state index in [1.165, 1.54) is 11.1 Å². The molecule has 2 rings (SSSR count). The van der Waals surface area contributed by atoms with Crippen LogP contribution in [-0.2, 0) is 6.42 Å². The summed E-state index contributed by atoms with van der Waals surface area (Å²) in [7, 11) is 1.70. The smallest absolute Gasteiger partial charge is 0.119 e. The van der Waals surface area contributed by atoms with Gasteiger partial charge in [0.15, 0.2) is 0 Å². The molecule has 0 aliphatic rings. The van der Waals surface area contributed by atoms with Gasteiger partial charge in [0.25, 0.3) is 0 Å². The molecule has 0 saturated heterocycles. The van der Waals surface area contributed by atoms with Crippen molar-refractivity contribution in [2.75, 3.05) is 12.4 Å². The molecule has 0 bridgehead atoms. The van der Waals surface area contributed by atoms with Crippen molar-refractivity contribution in [2.45, 2.75) is 20.3 Å². The molecule has 0 aliphatic heterocycles. The number of hydrogen-bond donors (Lipinski definition) is 1. The molecule has 2 aromatic rings. The fourth-order valence-electron chi connectivity index (χ4n) is 1.90. The van der Waals surface area contributed by atoms with E-state index in [-0.39, 0.29) is 0 Å². The maximum atomic E-state index is 5.25. The van der Waals surface area contributed by atoms with Crippen LogP contribution in [0.5, 0.6) is 5.75 Å². The number of nitrogens with one attached hydrogen (secondary N) is 1. The third-order valence-electron chi connectivity index (χ3n) is 3.02. The van der Waals surface area contributed by atoms with Crippen LogP contribution in [0.1, 0.15) is 18.1 Å². The predicted octanol–water partition coefficient (Wildman–Crippen LogP) is 4.31. The first-order valence-corrected chi connectivity index (χ1v) is 6.23. The van der Waals surface area contributed by atoms with Gasteiger partial charge in [0.1, 0.15) is 5.75 Å². The Balaban J connectivity index is 2.25. The van der Waals surface area contributed by atoms with E-state index in [1.807, 2.05) is 6.07 Å². The summed E-state index contributed by atoms with van der Waals surface area (Å²) < 4.78 is 5.25. The van der Waals surface area contributed by atoms with Crippen molar-refractivity contribution in [2.24, 2.45) is 0 Å². The van der Waals surface area contributed by atoms with Gasteiger partial charge in [0.05, 0.1) is 7.11 Å². The Hall–Kier alpha value is -1.96. The second-order valence-electron chi connectivity index (χ2n) is 4.37. The molecule has 0 amide bonds. The Morgan fingerprint density at radius 1 is 1.06 bits per heavy atom. The highest BCUT2D eigenvalue weighted by Crippen LogP contribution is 2.25. The van der Waals surface area contributed by atoms with Crippen LogP contribution in [0.4, 0.5) is 11.4 Å². The van der Waals surface area contributed by atoms with Gasteiger partial charge in [0.2, 0.25) is 0 Å². The SMILES string of the molecule is CCc1cc(OC)ccc1Nc1ccc(C)cc1. The molecule has 1 N–H and O–H groups in total. The molecule has 0 aliphatic carbocycles. The summed E-state index contributed by atoms with van der Waals surface area (Å²) in [6.45, 7) is 4.24. The average molecular weight is 241 g/mol. The van der Waals surface area contributed by atoms with Gasteiger partial charge in [-0.2, -0.15) is 0 Å². The van der Waals surface area contributed by atoms with Gasteiger partial charge in [-0.05, 0) is 49.2 Å². The van der Waals surface area contributed by atoms with Crippen molar-refractivity contribution >= 4 is 11.4 Å². The van der Waals surface area contributed by atoms with Gasteiger partial charge in [-0.25, -0.2) is 0 Å². The first-order chi connectivity index (χ1) is 8.72. The quantitative estimate of drug-likeness (QED) is 0.861. The number of benzene rings is 2. The Kier molecular flexibility index (Phi) is 3.88. The van der Waals surface area contributed by atoms with Crippen molar-refractivity contribution in [3.05, 3.63) is 53.6 Å². The van der Waals surface area contributed by atoms with Gasteiger partial charge in [-0.3, -0.25) is 0 Å². The molecule has 0 aromatic heterocycles. The van der Waals surface area contributed by atoms with Crippen molar-refractivity contribution in [1.82, 2.24) is 0 Å². The first-order valence-electron chi connectivity index (χ1n) is 6.23. The molecular formula is C16H19NO. The van der Waals surface area contributed by atoms with Crippen LogP contribution >= 0.6 is 0 Å². The zero-order chi connectivity index (χ0) is 13.0. The van der Waals surface area contributed by atoms with E-state index in [0.717, 1.165) is 23.5 Å². The average Bonchev–Trinajstić information content (AvgIpc) is 2.41. The summed E-state index contributed by atoms with van der Waals surface area (Å²) in [6, 6.07) is 14.5. The number of rotatable bonds is 4. The standard InChI is InChI=1S/C16H19NO/c1-4-13-11-15(18-3)9-10-16(13)17-14-7-5-12(2)6-8-14/h5-11,17H,4H2,1-3H3. The number of ether oxygens (including phenoxy) is 1. The van der Waals surface area contributed by atoms with Crippen LogP contribution in [-0.4, -0.2) is 7.11 Å². The highest BCUT2D eigenvalue weighted by atomic mass is 16.5. The van der Waals surface area contributed by atoms with Gasteiger partial charge in [-0.15, -0.1) is 0 Å². The minimum atomic E-state index is 0.904. The van der Waals surface area contributed by atoms with E-state index in [2.05, 4.69) is 55.6 Å². The highest BCUT2D eigenvalue weighted by molar-refractivity contribution is 5.64. The lowest BCUT2D eigenvalue weighted by molar-refractivity contribution is 0.414. The maximum Gasteiger partial charge on any atom is 0.119 e. The molecule has 0 atom stereocenters. The third kappa shape index (κ3) is 2.83. The first kappa shape index (κ1) is 12.5. The van der Waals surface area contributed by atoms with Crippen LogP contribution in [0, 0.1) is 6.92 Å². The fourth-order valence-corrected chi connectivity index (χ4v) is 1.90. The Morgan fingerprint density at radius 3 is 2.39 bits per heavy atom. The molecule has 18 heavy (non-hydrogen) atoms. The predicted molar refractivity (Wildman–Crippen MR) is 76.8 cm³/mol. The number of hydrogen-bond acceptors (Lipinski definition) is 2. The second-order valence-corrected chi connectivity index (χ2v) is 4.37. The van der Waals surface area contributed by atoms with Crippen molar-refractivity contribution in [1.29, 1.82) is 0 Å². The van der Waals surface area contributed by atoms with Crippen LogP contribution in [0.2, 0.25) is 0 Å². The lowest BCUT2D eigenvalue weighted by Gasteiger charge is -2.12. The van der Waals surface area contributed by atoms with Crippen molar-refractivity contribution < 1.29 is 4.74 Å². The van der Waals surface area contributed by atoms with Gasteiger partial charge >= 0.3 is 0 Å². The monoisotopic (exact) mass is 241 g/mol. The summed E-state index contributed by atoms with van der Waals surface area (Å²) >= 11 is 0. The fraction of sp³-hybridized carbons (Fsp3) is 0.250. The Morgan fingerprint density at radius 2 is 1.78 bits per heavy atom. The molecule has 2 aromatic carbocycles. The Bertz CT molecular complexity index is 517. The van der Waals surface area contributed by atoms with E-state index in [0.29, 0.717) is 0 Å². The molecule has 0 fully saturated rings. The van der Waals surface area contributed by atoms with Crippen molar-refractivity contribution in [3.8, 4) is 5.75 Å². The van der Waals surface area contributed by atoms with Gasteiger partial charge in [0, 0.05) is 11.4 Å². The summed E-state index contributed by atoms with van der Waals surface area (Å²) in [6.07, 6.45) is 0.978. The molecular weight excluding hydrogens is 222 g/mol. The maximum absolute atomic E-state index is 5.25. The molecule has 0 unspecified atom stereocenters. The molecule has 0 spiro atoms. The van der Waals surface area contributed by atoms with E-state index in [1.54, 1.807) is 7.11 Å². The second kappa shape index (κ2) is 5.58. The lowest BCUT2D eigenvalue weighted by atomic mass is 10.1. The summed E-state index contributed by atoms with van der Waals surface area (Å²) in [5.74, 6) is 0.904. The molecule has 2 heteroatoms. The number of anilines is 2. The van der Waals surface area contributed by atoms with E-state index in [9.17, 15) is 0 Å². The van der Waals surface area contributed by atoms with Crippen LogP contribution < -0.4 is 10.1 Å². The molecule has 94 valence electrons. The Labute approximate surface area is 109 Å². The van der Waals surface area contributed by atoms with Crippen molar-refractivity contribution in [3.63, 3.8) is 0 Å². The normalized spacial score (nSPS) is 10.2. The van der Waals surface area contributed by atoms with Gasteiger partial charge in [-0.1, -0.05) is 24.6 Å². The third-order valence-corrected chi connectivity index (χ3v) is 3.02. The van der Waals surface area contributed by atoms with Crippen LogP contribution in [0.3, 0.4) is 0 Å². The minimum Gasteiger partial charge on any atom is -0.497 e. The highest BCUT2D eigenvalue weighted by Gasteiger charge is 2.03. The van der Waals surface area contributed by atoms with Gasteiger partial charge < -0.3 is 10.1 Å². The zero-order valence-corrected chi connectivity index (χ0v) is 11.2. The summed E-state index contributed by atoms with van der Waals surface area (Å²) in [4.78, 5) is 0. The van der Waals surface area contributed by atoms with Crippen LogP contribution in [0.15, 0.2) is 42.5 Å². The number of aryl methyl sites for hydroxylation is 2. The molecule has 0 radical (unpaired) electrons. The molecule has 2 nitrogen and oxygen atoms in total. The largest absolute Gasteiger partial charge is 0.497 e. The topological polar surface area (TPSA) is 21.3 Å². The lowest BCUT2D eigenvalue weighted by Crippen LogP contribution is -1.96. The van der Waals surface area contributed by atoms with E-state index >= 15 is 0 Å². The van der Waals surface area contributed by atoms with E-state index in [4.69, 9.17) is 4.74 Å². The zero-order valence-electron chi connectivity index (χ0n) is 11.2. The van der Waals surface area contributed by atoms with E-state index < -0.39 is 0 Å².